The first kappa shape index (κ1) is 32.2. The van der Waals surface area contributed by atoms with E-state index in [1.807, 2.05) is 0 Å². The van der Waals surface area contributed by atoms with Crippen LogP contribution in [0.5, 0.6) is 0 Å². The number of aryl methyl sites for hydroxylation is 1. The maximum absolute atomic E-state index is 14.6. The lowest BCUT2D eigenvalue weighted by Crippen LogP contribution is -2.59. The number of fused-ring (bicyclic) bond motifs is 2. The van der Waals surface area contributed by atoms with Gasteiger partial charge in [0.25, 0.3) is 5.92 Å². The molecular formula is C32H29F6N7O2S. The molecule has 3 aliphatic rings. The lowest BCUT2D eigenvalue weighted by atomic mass is 9.60. The highest BCUT2D eigenvalue weighted by Gasteiger charge is 2.56. The minimum absolute atomic E-state index is 0.00252. The third kappa shape index (κ3) is 5.44. The summed E-state index contributed by atoms with van der Waals surface area (Å²) >= 11 is 0. The van der Waals surface area contributed by atoms with Gasteiger partial charge in [0, 0.05) is 38.2 Å². The van der Waals surface area contributed by atoms with E-state index >= 15 is 0 Å². The number of pyridine rings is 1. The van der Waals surface area contributed by atoms with Crippen molar-refractivity contribution in [2.75, 3.05) is 0 Å². The summed E-state index contributed by atoms with van der Waals surface area (Å²) in [6, 6.07) is 5.50. The highest BCUT2D eigenvalue weighted by molar-refractivity contribution is 7.98. The second kappa shape index (κ2) is 11.1. The summed E-state index contributed by atoms with van der Waals surface area (Å²) in [5.41, 5.74) is -0.591. The van der Waals surface area contributed by atoms with Crippen molar-refractivity contribution in [3.05, 3.63) is 89.0 Å². The maximum atomic E-state index is 14.6. The quantitative estimate of drug-likeness (QED) is 0.140. The summed E-state index contributed by atoms with van der Waals surface area (Å²) in [5.74, 6) is -0.189. The number of hydrogen-bond acceptors (Lipinski definition) is 6. The normalized spacial score (nSPS) is 23.5. The van der Waals surface area contributed by atoms with E-state index in [4.69, 9.17) is 0 Å². The molecule has 0 aliphatic heterocycles. The summed E-state index contributed by atoms with van der Waals surface area (Å²) in [6.07, 6.45) is 0.0590. The third-order valence-corrected chi connectivity index (χ3v) is 11.5. The predicted molar refractivity (Wildman–Crippen MR) is 163 cm³/mol. The third-order valence-electron chi connectivity index (χ3n) is 9.45. The van der Waals surface area contributed by atoms with E-state index in [0.717, 1.165) is 12.3 Å². The summed E-state index contributed by atoms with van der Waals surface area (Å²) < 4.78 is 102. The molecule has 0 bridgehead atoms. The number of alkyl halides is 5. The van der Waals surface area contributed by atoms with Gasteiger partial charge in [-0.15, -0.1) is 5.10 Å². The fraction of sp³-hybridized carbons (Fsp3) is 0.375. The molecule has 3 atom stereocenters. The molecule has 3 heterocycles. The van der Waals surface area contributed by atoms with Gasteiger partial charge in [0.2, 0.25) is 5.16 Å². The number of halogens is 6. The Morgan fingerprint density at radius 2 is 1.81 bits per heavy atom. The molecule has 252 valence electrons. The molecule has 0 spiro atoms. The van der Waals surface area contributed by atoms with Crippen molar-refractivity contribution in [1.82, 2.24) is 33.8 Å². The zero-order chi connectivity index (χ0) is 34.2. The van der Waals surface area contributed by atoms with Crippen molar-refractivity contribution in [1.29, 1.82) is 0 Å². The van der Waals surface area contributed by atoms with E-state index in [1.165, 1.54) is 33.6 Å². The van der Waals surface area contributed by atoms with Crippen molar-refractivity contribution in [2.45, 2.75) is 67.9 Å². The Morgan fingerprint density at radius 1 is 1.08 bits per heavy atom. The number of benzene rings is 1. The number of hydrogen-bond donors (Lipinski definition) is 0. The Bertz CT molecular complexity index is 2050. The average Bonchev–Trinajstić information content (AvgIpc) is 3.65. The fourth-order valence-corrected chi connectivity index (χ4v) is 9.16. The summed E-state index contributed by atoms with van der Waals surface area (Å²) in [7, 11) is -1.99. The molecule has 1 unspecified atom stereocenters. The smallest absolute Gasteiger partial charge is 0.291 e. The van der Waals surface area contributed by atoms with Crippen LogP contribution in [0.3, 0.4) is 0 Å². The minimum atomic E-state index is -4.74. The van der Waals surface area contributed by atoms with Crippen molar-refractivity contribution in [2.24, 2.45) is 12.5 Å². The van der Waals surface area contributed by atoms with Crippen LogP contribution >= 0.6 is 0 Å². The Balaban J connectivity index is 1.34. The summed E-state index contributed by atoms with van der Waals surface area (Å²) in [5, 5.41) is 8.49. The average molecular weight is 690 g/mol. The monoisotopic (exact) mass is 689 g/mol. The second-order valence-corrected chi connectivity index (χ2v) is 14.7. The highest BCUT2D eigenvalue weighted by atomic mass is 32.2. The van der Waals surface area contributed by atoms with E-state index in [0.29, 0.717) is 28.6 Å². The minimum Gasteiger partial charge on any atom is -0.291 e. The zero-order valence-corrected chi connectivity index (χ0v) is 26.3. The van der Waals surface area contributed by atoms with E-state index in [1.54, 1.807) is 29.9 Å². The van der Waals surface area contributed by atoms with Crippen molar-refractivity contribution in [3.63, 3.8) is 0 Å². The summed E-state index contributed by atoms with van der Waals surface area (Å²) in [6.45, 7) is 0. The van der Waals surface area contributed by atoms with Crippen LogP contribution in [-0.2, 0) is 29.4 Å². The van der Waals surface area contributed by atoms with Crippen LogP contribution in [0.4, 0.5) is 26.3 Å². The Kier molecular flexibility index (Phi) is 7.47. The lowest BCUT2D eigenvalue weighted by Gasteiger charge is -2.51. The molecule has 4 aromatic rings. The van der Waals surface area contributed by atoms with Gasteiger partial charge in [-0.1, -0.05) is 5.57 Å². The van der Waals surface area contributed by atoms with E-state index < -0.39 is 75.0 Å². The molecule has 0 amide bonds. The van der Waals surface area contributed by atoms with Gasteiger partial charge in [-0.3, -0.25) is 14.5 Å². The van der Waals surface area contributed by atoms with E-state index in [9.17, 15) is 35.3 Å². The molecule has 3 aromatic heterocycles. The maximum Gasteiger partial charge on any atom is 0.416 e. The van der Waals surface area contributed by atoms with Crippen LogP contribution < -0.4 is 0 Å². The Labute approximate surface area is 271 Å². The van der Waals surface area contributed by atoms with Gasteiger partial charge in [0.15, 0.2) is 5.78 Å². The van der Waals surface area contributed by atoms with E-state index in [2.05, 4.69) is 26.0 Å². The first-order valence-corrected chi connectivity index (χ1v) is 16.8. The number of rotatable bonds is 7. The van der Waals surface area contributed by atoms with Crippen molar-refractivity contribution in [3.8, 4) is 5.69 Å². The van der Waals surface area contributed by atoms with Crippen LogP contribution in [-0.4, -0.2) is 67.7 Å². The Morgan fingerprint density at radius 3 is 2.46 bits per heavy atom. The van der Waals surface area contributed by atoms with Gasteiger partial charge in [0.1, 0.15) is 17.8 Å². The first-order chi connectivity index (χ1) is 22.6. The molecule has 0 radical (unpaired) electrons. The second-order valence-electron chi connectivity index (χ2n) is 12.6. The van der Waals surface area contributed by atoms with Gasteiger partial charge in [-0.25, -0.2) is 31.4 Å². The molecular weight excluding hydrogens is 660 g/mol. The number of carbonyl (C=O) groups is 1. The largest absolute Gasteiger partial charge is 0.416 e. The number of ketones is 1. The highest BCUT2D eigenvalue weighted by Crippen LogP contribution is 2.53. The fourth-order valence-electron chi connectivity index (χ4n) is 7.21. The van der Waals surface area contributed by atoms with Gasteiger partial charge in [-0.05, 0) is 79.6 Å². The van der Waals surface area contributed by atoms with Crippen LogP contribution in [0.1, 0.15) is 59.4 Å². The molecule has 0 N–H and O–H groups in total. The standard InChI is InChI=1S/C32H29F6N7O2S/c1-43-18-40-29(42-43)48(2,47)45(25-15-31(34,35)16-25)24-6-3-20-12-27-19(17-41-44(27)23-7-4-22(33)5-8-23)13-30(20,14-24)28(46)26-11-21(9-10-39-26)32(36,37)38/h4-5,7-12,17-18,24-25H,2-3,6,13-16H2,1H3/t24-,30-,48?/m0/s1. The molecule has 16 heteroatoms. The molecule has 48 heavy (non-hydrogen) atoms. The first-order valence-electron chi connectivity index (χ1n) is 15.1. The van der Waals surface area contributed by atoms with Gasteiger partial charge in [-0.2, -0.15) is 18.3 Å². The molecule has 9 nitrogen and oxygen atoms in total. The SMILES string of the molecule is C=S(=O)(c1ncn(C)n1)N(C1CC(F)(F)C1)[C@H]1CCC2=Cc3c(cnn3-c3ccc(F)cc3)C[C@]2(C(=O)c2cc(C(F)(F)F)ccn2)C1. The zero-order valence-electron chi connectivity index (χ0n) is 25.5. The van der Waals surface area contributed by atoms with Crippen LogP contribution in [0, 0.1) is 11.2 Å². The topological polar surface area (TPSA) is 98.8 Å². The predicted octanol–water partition coefficient (Wildman–Crippen LogP) is 5.71. The lowest BCUT2D eigenvalue weighted by molar-refractivity contribution is -0.137. The number of Topliss-reactive ketones (excluding diaryl/α,β-unsaturated/α-hetero) is 1. The molecule has 1 aromatic carbocycles. The van der Waals surface area contributed by atoms with Gasteiger partial charge >= 0.3 is 6.18 Å². The number of aromatic nitrogens is 6. The van der Waals surface area contributed by atoms with Crippen LogP contribution in [0.25, 0.3) is 11.8 Å². The van der Waals surface area contributed by atoms with Crippen LogP contribution in [0.2, 0.25) is 0 Å². The summed E-state index contributed by atoms with van der Waals surface area (Å²) in [4.78, 5) is 22.8. The molecule has 7 rings (SSSR count). The number of allylic oxidation sites excluding steroid dienone is 1. The number of nitrogens with zero attached hydrogens (tertiary/aromatic N) is 7. The van der Waals surface area contributed by atoms with Crippen LogP contribution in [0.15, 0.2) is 65.8 Å². The molecule has 2 fully saturated rings. The van der Waals surface area contributed by atoms with E-state index in [-0.39, 0.29) is 30.8 Å². The number of carbonyl (C=O) groups excluding carboxylic acids is 1. The Hall–Kier alpha value is -4.31. The molecule has 2 saturated carbocycles. The van der Waals surface area contributed by atoms with Gasteiger partial charge < -0.3 is 0 Å². The molecule has 3 aliphatic carbocycles. The van der Waals surface area contributed by atoms with Crippen molar-refractivity contribution >= 4 is 27.4 Å². The van der Waals surface area contributed by atoms with Crippen molar-refractivity contribution < 1.29 is 35.3 Å². The molecule has 0 saturated heterocycles. The van der Waals surface area contributed by atoms with Gasteiger partial charge in [0.05, 0.1) is 38.3 Å².